The number of likely N-dealkylation sites (tertiary alicyclic amines) is 1. The molecule has 0 aromatic heterocycles. The second-order valence-corrected chi connectivity index (χ2v) is 6.01. The highest BCUT2D eigenvalue weighted by atomic mass is 16.5. The summed E-state index contributed by atoms with van der Waals surface area (Å²) in [7, 11) is 0. The van der Waals surface area contributed by atoms with Gasteiger partial charge in [-0.3, -0.25) is 4.79 Å². The standard InChI is InChI=1S/C19H21NO2/c1-14(2)17-10-6-7-11-18(17)22-16-12-20(13-16)19(21)15-8-4-3-5-9-15/h3-11,14,16H,12-13H2,1-2H3. The summed E-state index contributed by atoms with van der Waals surface area (Å²) in [4.78, 5) is 14.1. The zero-order valence-corrected chi connectivity index (χ0v) is 13.0. The Kier molecular flexibility index (Phi) is 4.14. The quantitative estimate of drug-likeness (QED) is 0.860. The lowest BCUT2D eigenvalue weighted by Crippen LogP contribution is -2.56. The molecule has 0 N–H and O–H groups in total. The largest absolute Gasteiger partial charge is 0.486 e. The predicted molar refractivity (Wildman–Crippen MR) is 87.3 cm³/mol. The van der Waals surface area contributed by atoms with E-state index in [9.17, 15) is 4.79 Å². The Balaban J connectivity index is 1.60. The second kappa shape index (κ2) is 6.22. The Hall–Kier alpha value is -2.29. The molecule has 2 aromatic carbocycles. The van der Waals surface area contributed by atoms with Gasteiger partial charge in [0.2, 0.25) is 0 Å². The molecule has 1 aliphatic rings. The van der Waals surface area contributed by atoms with E-state index in [1.165, 1.54) is 5.56 Å². The predicted octanol–water partition coefficient (Wildman–Crippen LogP) is 3.71. The van der Waals surface area contributed by atoms with E-state index in [0.717, 1.165) is 11.3 Å². The van der Waals surface area contributed by atoms with Gasteiger partial charge in [-0.1, -0.05) is 50.2 Å². The minimum Gasteiger partial charge on any atom is -0.486 e. The molecule has 0 aliphatic carbocycles. The molecule has 1 heterocycles. The molecule has 1 amide bonds. The molecular formula is C19H21NO2. The van der Waals surface area contributed by atoms with E-state index >= 15 is 0 Å². The van der Waals surface area contributed by atoms with Crippen molar-refractivity contribution in [3.05, 3.63) is 65.7 Å². The molecule has 114 valence electrons. The number of rotatable bonds is 4. The van der Waals surface area contributed by atoms with Crippen molar-refractivity contribution < 1.29 is 9.53 Å². The van der Waals surface area contributed by atoms with Gasteiger partial charge in [-0.05, 0) is 29.7 Å². The molecule has 22 heavy (non-hydrogen) atoms. The van der Waals surface area contributed by atoms with Gasteiger partial charge in [-0.25, -0.2) is 0 Å². The van der Waals surface area contributed by atoms with Crippen LogP contribution in [0.2, 0.25) is 0 Å². The number of hydrogen-bond donors (Lipinski definition) is 0. The molecule has 1 saturated heterocycles. The van der Waals surface area contributed by atoms with E-state index in [2.05, 4.69) is 19.9 Å². The van der Waals surface area contributed by atoms with Crippen molar-refractivity contribution in [3.63, 3.8) is 0 Å². The summed E-state index contributed by atoms with van der Waals surface area (Å²) in [6, 6.07) is 17.5. The van der Waals surface area contributed by atoms with Gasteiger partial charge in [0.05, 0.1) is 13.1 Å². The van der Waals surface area contributed by atoms with E-state index < -0.39 is 0 Å². The Morgan fingerprint density at radius 3 is 2.36 bits per heavy atom. The summed E-state index contributed by atoms with van der Waals surface area (Å²) in [6.45, 7) is 5.63. The fourth-order valence-electron chi connectivity index (χ4n) is 2.69. The molecule has 0 radical (unpaired) electrons. The Morgan fingerprint density at radius 1 is 1.05 bits per heavy atom. The maximum absolute atomic E-state index is 12.3. The first-order valence-corrected chi connectivity index (χ1v) is 7.75. The van der Waals surface area contributed by atoms with Crippen molar-refractivity contribution in [1.29, 1.82) is 0 Å². The maximum atomic E-state index is 12.3. The molecule has 1 aliphatic heterocycles. The smallest absolute Gasteiger partial charge is 0.254 e. The molecule has 0 atom stereocenters. The van der Waals surface area contributed by atoms with Crippen LogP contribution >= 0.6 is 0 Å². The zero-order valence-electron chi connectivity index (χ0n) is 13.0. The zero-order chi connectivity index (χ0) is 15.5. The number of nitrogens with zero attached hydrogens (tertiary/aromatic N) is 1. The Morgan fingerprint density at radius 2 is 1.68 bits per heavy atom. The van der Waals surface area contributed by atoms with Crippen LogP contribution in [0.15, 0.2) is 54.6 Å². The first-order chi connectivity index (χ1) is 10.6. The minimum atomic E-state index is 0.0811. The highest BCUT2D eigenvalue weighted by molar-refractivity contribution is 5.94. The average molecular weight is 295 g/mol. The highest BCUT2D eigenvalue weighted by Crippen LogP contribution is 2.28. The first kappa shape index (κ1) is 14.6. The molecule has 0 unspecified atom stereocenters. The first-order valence-electron chi connectivity index (χ1n) is 7.75. The van der Waals surface area contributed by atoms with Gasteiger partial charge >= 0.3 is 0 Å². The van der Waals surface area contributed by atoms with Gasteiger partial charge in [-0.2, -0.15) is 0 Å². The van der Waals surface area contributed by atoms with E-state index in [1.54, 1.807) is 0 Å². The highest BCUT2D eigenvalue weighted by Gasteiger charge is 2.33. The summed E-state index contributed by atoms with van der Waals surface area (Å²) in [5.74, 6) is 1.45. The third-order valence-electron chi connectivity index (χ3n) is 3.99. The molecular weight excluding hydrogens is 274 g/mol. The number of carbonyl (C=O) groups excluding carboxylic acids is 1. The van der Waals surface area contributed by atoms with Gasteiger partial charge in [0.1, 0.15) is 11.9 Å². The summed E-state index contributed by atoms with van der Waals surface area (Å²) >= 11 is 0. The van der Waals surface area contributed by atoms with Crippen LogP contribution in [0.5, 0.6) is 5.75 Å². The van der Waals surface area contributed by atoms with E-state index in [-0.39, 0.29) is 12.0 Å². The SMILES string of the molecule is CC(C)c1ccccc1OC1CN(C(=O)c2ccccc2)C1. The number of ether oxygens (including phenoxy) is 1. The minimum absolute atomic E-state index is 0.0811. The Labute approximate surface area is 131 Å². The van der Waals surface area contributed by atoms with Crippen LogP contribution < -0.4 is 4.74 Å². The van der Waals surface area contributed by atoms with E-state index in [4.69, 9.17) is 4.74 Å². The molecule has 0 spiro atoms. The van der Waals surface area contributed by atoms with Crippen LogP contribution in [0.3, 0.4) is 0 Å². The number of amides is 1. The lowest BCUT2D eigenvalue weighted by Gasteiger charge is -2.39. The van der Waals surface area contributed by atoms with Gasteiger partial charge < -0.3 is 9.64 Å². The van der Waals surface area contributed by atoms with Crippen LogP contribution in [0.1, 0.15) is 35.7 Å². The van der Waals surface area contributed by atoms with Crippen molar-refractivity contribution in [2.75, 3.05) is 13.1 Å². The van der Waals surface area contributed by atoms with Crippen molar-refractivity contribution in [2.24, 2.45) is 0 Å². The topological polar surface area (TPSA) is 29.5 Å². The van der Waals surface area contributed by atoms with Crippen LogP contribution in [-0.2, 0) is 0 Å². The lowest BCUT2D eigenvalue weighted by molar-refractivity contribution is 0.0173. The second-order valence-electron chi connectivity index (χ2n) is 6.01. The fraction of sp³-hybridized carbons (Fsp3) is 0.316. The van der Waals surface area contributed by atoms with E-state index in [1.807, 2.05) is 53.4 Å². The van der Waals surface area contributed by atoms with Crippen molar-refractivity contribution >= 4 is 5.91 Å². The third-order valence-corrected chi connectivity index (χ3v) is 3.99. The molecule has 3 nitrogen and oxygen atoms in total. The monoisotopic (exact) mass is 295 g/mol. The number of carbonyl (C=O) groups is 1. The third kappa shape index (κ3) is 2.98. The van der Waals surface area contributed by atoms with Crippen LogP contribution in [0.4, 0.5) is 0 Å². The summed E-state index contributed by atoms with van der Waals surface area (Å²) in [5.41, 5.74) is 1.96. The summed E-state index contributed by atoms with van der Waals surface area (Å²) in [6.07, 6.45) is 0.0903. The fourth-order valence-corrected chi connectivity index (χ4v) is 2.69. The summed E-state index contributed by atoms with van der Waals surface area (Å²) in [5, 5.41) is 0. The molecule has 0 saturated carbocycles. The average Bonchev–Trinajstić information content (AvgIpc) is 2.51. The lowest BCUT2D eigenvalue weighted by atomic mass is 10.0. The number of para-hydroxylation sites is 1. The molecule has 1 fully saturated rings. The normalized spacial score (nSPS) is 14.8. The van der Waals surface area contributed by atoms with Gasteiger partial charge in [0.25, 0.3) is 5.91 Å². The van der Waals surface area contributed by atoms with Gasteiger partial charge in [0.15, 0.2) is 0 Å². The summed E-state index contributed by atoms with van der Waals surface area (Å²) < 4.78 is 6.07. The molecule has 3 rings (SSSR count). The van der Waals surface area contributed by atoms with E-state index in [0.29, 0.717) is 19.0 Å². The van der Waals surface area contributed by atoms with Crippen LogP contribution in [-0.4, -0.2) is 30.0 Å². The molecule has 2 aromatic rings. The van der Waals surface area contributed by atoms with Gasteiger partial charge in [0, 0.05) is 5.56 Å². The van der Waals surface area contributed by atoms with Crippen molar-refractivity contribution in [1.82, 2.24) is 4.90 Å². The maximum Gasteiger partial charge on any atom is 0.254 e. The van der Waals surface area contributed by atoms with Crippen molar-refractivity contribution in [3.8, 4) is 5.75 Å². The molecule has 0 bridgehead atoms. The Bertz CT molecular complexity index is 645. The van der Waals surface area contributed by atoms with Crippen LogP contribution in [0.25, 0.3) is 0 Å². The number of benzene rings is 2. The molecule has 3 heteroatoms. The van der Waals surface area contributed by atoms with Gasteiger partial charge in [-0.15, -0.1) is 0 Å². The van der Waals surface area contributed by atoms with Crippen molar-refractivity contribution in [2.45, 2.75) is 25.9 Å². The number of hydrogen-bond acceptors (Lipinski definition) is 2. The van der Waals surface area contributed by atoms with Crippen LogP contribution in [0, 0.1) is 0 Å².